The molecule has 1 heterocycles. The van der Waals surface area contributed by atoms with Gasteiger partial charge in [-0.1, -0.05) is 12.6 Å². The van der Waals surface area contributed by atoms with E-state index in [0.29, 0.717) is 11.1 Å². The number of hydrogen-bond donors (Lipinski definition) is 2. The minimum absolute atomic E-state index is 0.0420. The van der Waals surface area contributed by atoms with Crippen molar-refractivity contribution >= 4 is 11.9 Å². The van der Waals surface area contributed by atoms with E-state index in [1.807, 2.05) is 0 Å². The number of benzene rings is 1. The molecule has 0 saturated carbocycles. The van der Waals surface area contributed by atoms with Gasteiger partial charge in [-0.15, -0.1) is 0 Å². The predicted molar refractivity (Wildman–Crippen MR) is 86.3 cm³/mol. The van der Waals surface area contributed by atoms with E-state index in [4.69, 9.17) is 0 Å². The molecule has 0 aliphatic carbocycles. The number of nitrogens with zero attached hydrogens (tertiary/aromatic N) is 2. The van der Waals surface area contributed by atoms with E-state index >= 15 is 0 Å². The molecule has 2 rings (SSSR count). The van der Waals surface area contributed by atoms with Crippen LogP contribution < -0.4 is 0 Å². The van der Waals surface area contributed by atoms with Gasteiger partial charge in [-0.05, 0) is 23.3 Å². The van der Waals surface area contributed by atoms with Crippen molar-refractivity contribution in [2.45, 2.75) is 12.5 Å². The molecule has 1 atom stereocenters. The number of hydrogen-bond acceptors (Lipinski definition) is 5. The lowest BCUT2D eigenvalue weighted by Gasteiger charge is -2.16. The number of carboxylic acids is 1. The topological polar surface area (TPSA) is 102 Å². The third kappa shape index (κ3) is 3.69. The first-order valence-corrected chi connectivity index (χ1v) is 7.14. The average Bonchev–Trinajstić information content (AvgIpc) is 2.99. The molecule has 24 heavy (non-hydrogen) atoms. The molecular formula is C17H18N2O5. The van der Waals surface area contributed by atoms with Crippen molar-refractivity contribution in [1.29, 1.82) is 0 Å². The Kier molecular flexibility index (Phi) is 5.15. The van der Waals surface area contributed by atoms with E-state index in [9.17, 15) is 19.8 Å². The molecule has 0 saturated heterocycles. The molecule has 1 aromatic heterocycles. The Morgan fingerprint density at radius 3 is 2.67 bits per heavy atom. The fourth-order valence-corrected chi connectivity index (χ4v) is 2.37. The highest BCUT2D eigenvalue weighted by atomic mass is 16.5. The zero-order valence-corrected chi connectivity index (χ0v) is 13.4. The van der Waals surface area contributed by atoms with Crippen molar-refractivity contribution in [2.24, 2.45) is 7.05 Å². The molecule has 1 unspecified atom stereocenters. The Morgan fingerprint density at radius 1 is 1.42 bits per heavy atom. The quantitative estimate of drug-likeness (QED) is 0.620. The van der Waals surface area contributed by atoms with Crippen molar-refractivity contribution in [3.63, 3.8) is 0 Å². The summed E-state index contributed by atoms with van der Waals surface area (Å²) < 4.78 is 6.17. The molecule has 0 aliphatic heterocycles. The maximum Gasteiger partial charge on any atom is 0.335 e. The molecule has 0 spiro atoms. The first-order chi connectivity index (χ1) is 11.3. The third-order valence-electron chi connectivity index (χ3n) is 3.59. The van der Waals surface area contributed by atoms with Gasteiger partial charge in [0.25, 0.3) is 0 Å². The summed E-state index contributed by atoms with van der Waals surface area (Å²) in [5, 5.41) is 23.8. The number of rotatable bonds is 6. The third-order valence-corrected chi connectivity index (χ3v) is 3.59. The van der Waals surface area contributed by atoms with Gasteiger partial charge in [0.15, 0.2) is 0 Å². The summed E-state index contributed by atoms with van der Waals surface area (Å²) in [6.07, 6.45) is 2.19. The van der Waals surface area contributed by atoms with Crippen LogP contribution in [0.2, 0.25) is 0 Å². The van der Waals surface area contributed by atoms with Crippen LogP contribution in [0.4, 0.5) is 0 Å². The minimum atomic E-state index is -1.11. The predicted octanol–water partition coefficient (Wildman–Crippen LogP) is 1.94. The van der Waals surface area contributed by atoms with Gasteiger partial charge in [-0.3, -0.25) is 4.68 Å². The second kappa shape index (κ2) is 7.10. The lowest BCUT2D eigenvalue weighted by atomic mass is 9.93. The normalized spacial score (nSPS) is 11.8. The van der Waals surface area contributed by atoms with Crippen LogP contribution >= 0.6 is 0 Å². The van der Waals surface area contributed by atoms with Gasteiger partial charge < -0.3 is 14.9 Å². The minimum Gasteiger partial charge on any atom is -0.478 e. The van der Waals surface area contributed by atoms with Crippen molar-refractivity contribution in [1.82, 2.24) is 9.78 Å². The van der Waals surface area contributed by atoms with Crippen molar-refractivity contribution in [2.75, 3.05) is 7.11 Å². The molecular weight excluding hydrogens is 312 g/mol. The highest BCUT2D eigenvalue weighted by Gasteiger charge is 2.20. The monoisotopic (exact) mass is 330 g/mol. The lowest BCUT2D eigenvalue weighted by molar-refractivity contribution is -0.136. The van der Waals surface area contributed by atoms with Crippen molar-refractivity contribution < 1.29 is 24.5 Å². The number of carbonyl (C=O) groups is 2. The maximum atomic E-state index is 11.5. The van der Waals surface area contributed by atoms with Gasteiger partial charge in [-0.25, -0.2) is 9.59 Å². The lowest BCUT2D eigenvalue weighted by Crippen LogP contribution is -2.10. The summed E-state index contributed by atoms with van der Waals surface area (Å²) in [5.74, 6) is -1.72. The second-order valence-electron chi connectivity index (χ2n) is 5.32. The second-order valence-corrected chi connectivity index (χ2v) is 5.32. The van der Waals surface area contributed by atoms with Gasteiger partial charge in [0, 0.05) is 30.8 Å². The first-order valence-electron chi connectivity index (χ1n) is 7.14. The summed E-state index contributed by atoms with van der Waals surface area (Å²) in [6, 6.07) is 4.45. The number of carboxylic acid groups (broad SMARTS) is 1. The largest absolute Gasteiger partial charge is 0.478 e. The Hall–Kier alpha value is -2.93. The van der Waals surface area contributed by atoms with Crippen LogP contribution in [0.15, 0.2) is 42.7 Å². The molecule has 2 N–H and O–H groups in total. The van der Waals surface area contributed by atoms with Gasteiger partial charge in [-0.2, -0.15) is 5.10 Å². The molecule has 126 valence electrons. The average molecular weight is 330 g/mol. The Morgan fingerprint density at radius 2 is 2.12 bits per heavy atom. The van der Waals surface area contributed by atoms with Crippen LogP contribution in [0.25, 0.3) is 11.1 Å². The number of esters is 1. The Balaban J connectivity index is 2.44. The zero-order chi connectivity index (χ0) is 17.9. The Bertz CT molecular complexity index is 794. The molecule has 0 amide bonds. The number of methoxy groups -OCH3 is 1. The van der Waals surface area contributed by atoms with Gasteiger partial charge in [0.2, 0.25) is 0 Å². The summed E-state index contributed by atoms with van der Waals surface area (Å²) in [7, 11) is 2.98. The summed E-state index contributed by atoms with van der Waals surface area (Å²) in [6.45, 7) is 3.59. The Labute approximate surface area is 138 Å². The van der Waals surface area contributed by atoms with Gasteiger partial charge >= 0.3 is 11.9 Å². The molecule has 7 heteroatoms. The molecule has 0 bridgehead atoms. The van der Waals surface area contributed by atoms with Crippen LogP contribution in [0, 0.1) is 0 Å². The van der Waals surface area contributed by atoms with Crippen LogP contribution in [-0.2, 0) is 16.6 Å². The maximum absolute atomic E-state index is 11.5. The van der Waals surface area contributed by atoms with Crippen molar-refractivity contribution in [3.05, 3.63) is 53.9 Å². The van der Waals surface area contributed by atoms with Gasteiger partial charge in [0.1, 0.15) is 0 Å². The highest BCUT2D eigenvalue weighted by molar-refractivity contribution is 5.89. The van der Waals surface area contributed by atoms with Crippen LogP contribution in [-0.4, -0.2) is 39.0 Å². The summed E-state index contributed by atoms with van der Waals surface area (Å²) >= 11 is 0. The van der Waals surface area contributed by atoms with Crippen LogP contribution in [0.3, 0.4) is 0 Å². The van der Waals surface area contributed by atoms with E-state index in [1.165, 1.54) is 19.2 Å². The number of aliphatic hydroxyl groups excluding tert-OH is 1. The molecule has 7 nitrogen and oxygen atoms in total. The van der Waals surface area contributed by atoms with Crippen LogP contribution in [0.1, 0.15) is 28.4 Å². The smallest absolute Gasteiger partial charge is 0.335 e. The number of aromatic nitrogens is 2. The number of carbonyl (C=O) groups excluding carboxylic acids is 1. The first kappa shape index (κ1) is 17.4. The zero-order valence-electron chi connectivity index (χ0n) is 13.4. The SMILES string of the molecule is C=C(CC(O)c1cc(C(=O)O)ccc1-c1cnn(C)c1)C(=O)OC. The van der Waals surface area contributed by atoms with Gasteiger partial charge in [0.05, 0.1) is 25.0 Å². The van der Waals surface area contributed by atoms with E-state index in [2.05, 4.69) is 16.4 Å². The highest BCUT2D eigenvalue weighted by Crippen LogP contribution is 2.32. The fourth-order valence-electron chi connectivity index (χ4n) is 2.37. The van der Waals surface area contributed by atoms with E-state index in [-0.39, 0.29) is 17.6 Å². The van der Waals surface area contributed by atoms with Crippen LogP contribution in [0.5, 0.6) is 0 Å². The van der Waals surface area contributed by atoms with E-state index < -0.39 is 18.0 Å². The molecule has 1 aromatic carbocycles. The summed E-state index contributed by atoms with van der Waals surface area (Å²) in [5.41, 5.74) is 1.89. The standard InChI is InChI=1S/C17H18N2O5/c1-10(17(23)24-3)6-15(20)14-7-11(16(21)22)4-5-13(14)12-8-18-19(2)9-12/h4-5,7-9,15,20H,1,6H2,2-3H3,(H,21,22). The molecule has 0 fully saturated rings. The molecule has 0 radical (unpaired) electrons. The van der Waals surface area contributed by atoms with Crippen molar-refractivity contribution in [3.8, 4) is 11.1 Å². The molecule has 0 aliphatic rings. The van der Waals surface area contributed by atoms with E-state index in [0.717, 1.165) is 5.56 Å². The number of aromatic carboxylic acids is 1. The fraction of sp³-hybridized carbons (Fsp3) is 0.235. The summed E-state index contributed by atoms with van der Waals surface area (Å²) in [4.78, 5) is 22.7. The number of ether oxygens (including phenoxy) is 1. The number of aryl methyl sites for hydroxylation is 1. The molecule has 2 aromatic rings. The van der Waals surface area contributed by atoms with E-state index in [1.54, 1.807) is 30.2 Å². The number of aliphatic hydroxyl groups is 1.